The van der Waals surface area contributed by atoms with Crippen molar-refractivity contribution in [1.29, 1.82) is 0 Å². The van der Waals surface area contributed by atoms with Crippen molar-refractivity contribution in [3.8, 4) is 0 Å². The molecule has 0 aliphatic rings. The number of carbonyl (C=O) groups is 2. The molecule has 0 saturated carbocycles. The molecule has 1 aromatic carbocycles. The highest BCUT2D eigenvalue weighted by molar-refractivity contribution is 7.10. The zero-order valence-corrected chi connectivity index (χ0v) is 13.8. The van der Waals surface area contributed by atoms with Crippen LogP contribution in [0.25, 0.3) is 11.0 Å². The molecule has 0 bridgehead atoms. The highest BCUT2D eigenvalue weighted by Gasteiger charge is 2.15. The Balaban J connectivity index is 1.65. The van der Waals surface area contributed by atoms with E-state index in [-0.39, 0.29) is 6.42 Å². The summed E-state index contributed by atoms with van der Waals surface area (Å²) in [6, 6.07) is 9.76. The first-order valence-electron chi connectivity index (χ1n) is 7.44. The van der Waals surface area contributed by atoms with Gasteiger partial charge in [-0.15, -0.1) is 11.3 Å². The lowest BCUT2D eigenvalue weighted by molar-refractivity contribution is -0.134. The predicted molar refractivity (Wildman–Crippen MR) is 93.5 cm³/mol. The lowest BCUT2D eigenvalue weighted by Crippen LogP contribution is -2.23. The van der Waals surface area contributed by atoms with Crippen molar-refractivity contribution in [1.82, 2.24) is 0 Å². The summed E-state index contributed by atoms with van der Waals surface area (Å²) in [7, 11) is 0. The molecule has 1 N–H and O–H groups in total. The van der Waals surface area contributed by atoms with E-state index in [1.807, 2.05) is 18.4 Å². The van der Waals surface area contributed by atoms with E-state index in [2.05, 4.69) is 5.32 Å². The molecule has 24 heavy (non-hydrogen) atoms. The molecular formula is C18H15NO4S. The molecule has 0 unspecified atom stereocenters. The quantitative estimate of drug-likeness (QED) is 0.570. The van der Waals surface area contributed by atoms with Crippen molar-refractivity contribution < 1.29 is 14.0 Å². The molecule has 2 aromatic heterocycles. The summed E-state index contributed by atoms with van der Waals surface area (Å²) < 4.78 is 5.03. The van der Waals surface area contributed by atoms with Crippen molar-refractivity contribution in [3.05, 3.63) is 62.6 Å². The van der Waals surface area contributed by atoms with E-state index in [0.717, 1.165) is 10.4 Å². The van der Waals surface area contributed by atoms with Crippen LogP contribution in [0.4, 0.5) is 5.69 Å². The molecule has 0 spiro atoms. The van der Waals surface area contributed by atoms with E-state index in [0.29, 0.717) is 23.1 Å². The summed E-state index contributed by atoms with van der Waals surface area (Å²) in [5.74, 6) is -1.09. The molecule has 6 heteroatoms. The highest BCUT2D eigenvalue weighted by Crippen LogP contribution is 2.19. The van der Waals surface area contributed by atoms with Gasteiger partial charge >= 0.3 is 5.63 Å². The van der Waals surface area contributed by atoms with Crippen molar-refractivity contribution in [3.63, 3.8) is 0 Å². The predicted octanol–water partition coefficient (Wildman–Crippen LogP) is 3.30. The number of aryl methyl sites for hydroxylation is 2. The van der Waals surface area contributed by atoms with Gasteiger partial charge in [0.2, 0.25) is 5.78 Å². The van der Waals surface area contributed by atoms with Gasteiger partial charge in [-0.3, -0.25) is 9.59 Å². The third-order valence-electron chi connectivity index (χ3n) is 3.68. The molecule has 5 nitrogen and oxygen atoms in total. The number of nitrogens with one attached hydrogen (secondary N) is 1. The second-order valence-corrected chi connectivity index (χ2v) is 6.41. The number of fused-ring (bicyclic) bond motifs is 1. The maximum Gasteiger partial charge on any atom is 0.336 e. The number of hydrogen-bond donors (Lipinski definition) is 1. The van der Waals surface area contributed by atoms with Gasteiger partial charge in [-0.2, -0.15) is 0 Å². The van der Waals surface area contributed by atoms with Crippen LogP contribution in [0.3, 0.4) is 0 Å². The summed E-state index contributed by atoms with van der Waals surface area (Å²) in [5, 5.41) is 5.24. The molecule has 0 saturated heterocycles. The topological polar surface area (TPSA) is 76.4 Å². The van der Waals surface area contributed by atoms with Crippen molar-refractivity contribution in [2.24, 2.45) is 0 Å². The first kappa shape index (κ1) is 16.1. The Morgan fingerprint density at radius 1 is 1.17 bits per heavy atom. The molecule has 0 aliphatic carbocycles. The molecule has 0 aliphatic heterocycles. The van der Waals surface area contributed by atoms with Crippen LogP contribution in [0.15, 0.2) is 51.0 Å². The highest BCUT2D eigenvalue weighted by atomic mass is 32.1. The Morgan fingerprint density at radius 3 is 2.75 bits per heavy atom. The van der Waals surface area contributed by atoms with Crippen LogP contribution in [0, 0.1) is 6.92 Å². The summed E-state index contributed by atoms with van der Waals surface area (Å²) in [5.41, 5.74) is 1.63. The van der Waals surface area contributed by atoms with Gasteiger partial charge in [-0.25, -0.2) is 4.79 Å². The van der Waals surface area contributed by atoms with Gasteiger partial charge in [-0.1, -0.05) is 0 Å². The van der Waals surface area contributed by atoms with E-state index in [1.54, 1.807) is 35.6 Å². The second kappa shape index (κ2) is 6.80. The number of anilines is 1. The summed E-state index contributed by atoms with van der Waals surface area (Å²) in [6.07, 6.45) is 0.744. The Labute approximate surface area is 141 Å². The van der Waals surface area contributed by atoms with E-state index in [4.69, 9.17) is 4.42 Å². The molecule has 0 fully saturated rings. The van der Waals surface area contributed by atoms with E-state index < -0.39 is 17.3 Å². The number of benzene rings is 1. The zero-order valence-electron chi connectivity index (χ0n) is 13.0. The van der Waals surface area contributed by atoms with Crippen molar-refractivity contribution >= 4 is 39.7 Å². The lowest BCUT2D eigenvalue weighted by Gasteiger charge is -2.05. The Morgan fingerprint density at radius 2 is 2.00 bits per heavy atom. The van der Waals surface area contributed by atoms with Crippen LogP contribution in [0.2, 0.25) is 0 Å². The number of rotatable bonds is 5. The zero-order chi connectivity index (χ0) is 17.1. The van der Waals surface area contributed by atoms with Gasteiger partial charge in [0.1, 0.15) is 5.58 Å². The lowest BCUT2D eigenvalue weighted by atomic mass is 10.1. The molecule has 122 valence electrons. The van der Waals surface area contributed by atoms with Crippen LogP contribution >= 0.6 is 11.3 Å². The van der Waals surface area contributed by atoms with Crippen LogP contribution in [-0.4, -0.2) is 11.7 Å². The third kappa shape index (κ3) is 3.60. The molecule has 3 aromatic rings. The fourth-order valence-electron chi connectivity index (χ4n) is 2.35. The minimum absolute atomic E-state index is 0.176. The Kier molecular flexibility index (Phi) is 4.57. The van der Waals surface area contributed by atoms with Crippen LogP contribution in [-0.2, 0) is 16.0 Å². The maximum atomic E-state index is 12.0. The number of carbonyl (C=O) groups excluding carboxylic acids is 2. The van der Waals surface area contributed by atoms with E-state index in [1.165, 1.54) is 6.07 Å². The van der Waals surface area contributed by atoms with Gasteiger partial charge < -0.3 is 9.73 Å². The van der Waals surface area contributed by atoms with Crippen LogP contribution < -0.4 is 10.9 Å². The molecule has 3 rings (SSSR count). The third-order valence-corrected chi connectivity index (χ3v) is 4.76. The molecule has 2 heterocycles. The fourth-order valence-corrected chi connectivity index (χ4v) is 3.26. The smallest absolute Gasteiger partial charge is 0.336 e. The summed E-state index contributed by atoms with van der Waals surface area (Å²) in [4.78, 5) is 36.3. The number of ketones is 1. The number of amides is 1. The largest absolute Gasteiger partial charge is 0.423 e. The molecule has 0 radical (unpaired) electrons. The normalized spacial score (nSPS) is 10.7. The maximum absolute atomic E-state index is 12.0. The summed E-state index contributed by atoms with van der Waals surface area (Å²) in [6.45, 7) is 1.99. The van der Waals surface area contributed by atoms with Gasteiger partial charge in [0, 0.05) is 28.4 Å². The van der Waals surface area contributed by atoms with E-state index in [9.17, 15) is 14.4 Å². The average Bonchev–Trinajstić information content (AvgIpc) is 2.97. The number of thiophene rings is 1. The first-order chi connectivity index (χ1) is 11.5. The monoisotopic (exact) mass is 341 g/mol. The van der Waals surface area contributed by atoms with Crippen molar-refractivity contribution in [2.45, 2.75) is 19.8 Å². The van der Waals surface area contributed by atoms with Crippen molar-refractivity contribution in [2.75, 3.05) is 5.32 Å². The number of Topliss-reactive ketones (excluding diaryl/α,β-unsaturated/α-hetero) is 1. The summed E-state index contributed by atoms with van der Waals surface area (Å²) >= 11 is 1.59. The molecule has 1 amide bonds. The standard InChI is InChI=1S/C18H15NO4S/c1-11-8-9-24-16(11)6-4-14(20)18(22)19-13-3-5-15-12(10-13)2-7-17(21)23-15/h2-3,5,7-10H,4,6H2,1H3,(H,19,22). The minimum atomic E-state index is -0.638. The van der Waals surface area contributed by atoms with E-state index >= 15 is 0 Å². The molecular weight excluding hydrogens is 326 g/mol. The first-order valence-corrected chi connectivity index (χ1v) is 8.32. The average molecular weight is 341 g/mol. The van der Waals surface area contributed by atoms with Crippen LogP contribution in [0.1, 0.15) is 16.9 Å². The SMILES string of the molecule is Cc1ccsc1CCC(=O)C(=O)Nc1ccc2oc(=O)ccc2c1. The van der Waals surface area contributed by atoms with Gasteiger partial charge in [-0.05, 0) is 54.6 Å². The Bertz CT molecular complexity index is 970. The number of hydrogen-bond acceptors (Lipinski definition) is 5. The van der Waals surface area contributed by atoms with Gasteiger partial charge in [0.15, 0.2) is 0 Å². The molecule has 0 atom stereocenters. The van der Waals surface area contributed by atoms with Crippen LogP contribution in [0.5, 0.6) is 0 Å². The Hall–Kier alpha value is -2.73. The minimum Gasteiger partial charge on any atom is -0.423 e. The second-order valence-electron chi connectivity index (χ2n) is 5.41. The van der Waals surface area contributed by atoms with Gasteiger partial charge in [0.05, 0.1) is 0 Å². The fraction of sp³-hybridized carbons (Fsp3) is 0.167. The van der Waals surface area contributed by atoms with Gasteiger partial charge in [0.25, 0.3) is 5.91 Å².